The van der Waals surface area contributed by atoms with Gasteiger partial charge in [-0.2, -0.15) is 5.10 Å². The van der Waals surface area contributed by atoms with Crippen molar-refractivity contribution in [1.29, 1.82) is 0 Å². The van der Waals surface area contributed by atoms with Gasteiger partial charge in [-0.15, -0.1) is 11.3 Å². The van der Waals surface area contributed by atoms with Gasteiger partial charge in [-0.3, -0.25) is 5.10 Å². The second-order valence-electron chi connectivity index (χ2n) is 3.91. The smallest absolute Gasteiger partial charge is 0.151 e. The zero-order chi connectivity index (χ0) is 11.5. The van der Waals surface area contributed by atoms with Crippen LogP contribution in [0.1, 0.15) is 28.6 Å². The molecule has 0 spiro atoms. The predicted octanol–water partition coefficient (Wildman–Crippen LogP) is 3.26. The van der Waals surface area contributed by atoms with Crippen molar-refractivity contribution in [2.45, 2.75) is 33.7 Å². The van der Waals surface area contributed by atoms with Crippen molar-refractivity contribution in [3.05, 3.63) is 33.1 Å². The monoisotopic (exact) mass is 235 g/mol. The van der Waals surface area contributed by atoms with Crippen LogP contribution in [0.25, 0.3) is 0 Å². The molecular weight excluding hydrogens is 218 g/mol. The molecule has 0 bridgehead atoms. The lowest BCUT2D eigenvalue weighted by atomic mass is 10.2. The number of aromatic amines is 1. The summed E-state index contributed by atoms with van der Waals surface area (Å²) in [4.78, 5) is 1.38. The third kappa shape index (κ3) is 2.11. The van der Waals surface area contributed by atoms with Gasteiger partial charge in [0.2, 0.25) is 0 Å². The van der Waals surface area contributed by atoms with Gasteiger partial charge in [0.25, 0.3) is 0 Å². The van der Waals surface area contributed by atoms with Crippen LogP contribution in [0.2, 0.25) is 0 Å². The van der Waals surface area contributed by atoms with E-state index in [2.05, 4.69) is 47.7 Å². The molecule has 0 radical (unpaired) electrons. The maximum absolute atomic E-state index is 4.28. The van der Waals surface area contributed by atoms with Crippen molar-refractivity contribution in [2.75, 3.05) is 5.32 Å². The van der Waals surface area contributed by atoms with E-state index in [0.29, 0.717) is 0 Å². The average Bonchev–Trinajstić information content (AvgIpc) is 2.83. The van der Waals surface area contributed by atoms with Crippen LogP contribution in [-0.4, -0.2) is 10.2 Å². The van der Waals surface area contributed by atoms with Crippen LogP contribution in [0.5, 0.6) is 0 Å². The number of hydrogen-bond donors (Lipinski definition) is 2. The number of thiophene rings is 1. The van der Waals surface area contributed by atoms with Gasteiger partial charge in [0.15, 0.2) is 5.82 Å². The lowest BCUT2D eigenvalue weighted by Crippen LogP contribution is -2.00. The number of hydrogen-bond acceptors (Lipinski definition) is 3. The van der Waals surface area contributed by atoms with Gasteiger partial charge in [-0.05, 0) is 37.3 Å². The zero-order valence-electron chi connectivity index (χ0n) is 9.92. The van der Waals surface area contributed by atoms with Gasteiger partial charge < -0.3 is 5.32 Å². The van der Waals surface area contributed by atoms with Gasteiger partial charge in [-0.1, -0.05) is 6.92 Å². The van der Waals surface area contributed by atoms with Crippen LogP contribution in [-0.2, 0) is 13.0 Å². The third-order valence-electron chi connectivity index (χ3n) is 2.85. The van der Waals surface area contributed by atoms with E-state index in [1.165, 1.54) is 21.7 Å². The molecule has 2 N–H and O–H groups in total. The quantitative estimate of drug-likeness (QED) is 0.854. The SMILES string of the molecule is CCc1[nH]nc(NCc2sccc2C)c1C. The summed E-state index contributed by atoms with van der Waals surface area (Å²) in [6.45, 7) is 7.24. The zero-order valence-corrected chi connectivity index (χ0v) is 10.7. The standard InChI is InChI=1S/C12H17N3S/c1-4-10-9(3)12(15-14-10)13-7-11-8(2)5-6-16-11/h5-6H,4,7H2,1-3H3,(H2,13,14,15). The highest BCUT2D eigenvalue weighted by Crippen LogP contribution is 2.19. The van der Waals surface area contributed by atoms with Crippen LogP contribution in [0, 0.1) is 13.8 Å². The minimum absolute atomic E-state index is 0.859. The van der Waals surface area contributed by atoms with Gasteiger partial charge in [0.1, 0.15) is 0 Å². The molecule has 0 atom stereocenters. The Hall–Kier alpha value is -1.29. The normalized spacial score (nSPS) is 10.7. The Labute approximate surface area is 99.9 Å². The topological polar surface area (TPSA) is 40.7 Å². The molecule has 0 saturated carbocycles. The summed E-state index contributed by atoms with van der Waals surface area (Å²) in [7, 11) is 0. The van der Waals surface area contributed by atoms with Crippen LogP contribution in [0.4, 0.5) is 5.82 Å². The Kier molecular flexibility index (Phi) is 3.29. The van der Waals surface area contributed by atoms with Crippen molar-refractivity contribution < 1.29 is 0 Å². The minimum atomic E-state index is 0.859. The first kappa shape index (κ1) is 11.2. The van der Waals surface area contributed by atoms with Gasteiger partial charge in [-0.25, -0.2) is 0 Å². The largest absolute Gasteiger partial charge is 0.363 e. The fourth-order valence-corrected chi connectivity index (χ4v) is 2.55. The lowest BCUT2D eigenvalue weighted by molar-refractivity contribution is 0.966. The predicted molar refractivity (Wildman–Crippen MR) is 69.1 cm³/mol. The number of H-pyrrole nitrogens is 1. The summed E-state index contributed by atoms with van der Waals surface area (Å²) >= 11 is 1.79. The molecule has 0 aliphatic rings. The van der Waals surface area contributed by atoms with Gasteiger partial charge in [0.05, 0.1) is 6.54 Å². The first-order valence-corrected chi connectivity index (χ1v) is 6.41. The number of nitrogens with one attached hydrogen (secondary N) is 2. The van der Waals surface area contributed by atoms with Crippen LogP contribution >= 0.6 is 11.3 Å². The van der Waals surface area contributed by atoms with Crippen LogP contribution in [0.15, 0.2) is 11.4 Å². The van der Waals surface area contributed by atoms with E-state index >= 15 is 0 Å². The van der Waals surface area contributed by atoms with Crippen molar-refractivity contribution in [1.82, 2.24) is 10.2 Å². The first-order valence-electron chi connectivity index (χ1n) is 5.53. The fraction of sp³-hybridized carbons (Fsp3) is 0.417. The maximum atomic E-state index is 4.28. The number of aryl methyl sites for hydroxylation is 2. The Morgan fingerprint density at radius 3 is 2.81 bits per heavy atom. The highest BCUT2D eigenvalue weighted by molar-refractivity contribution is 7.10. The Balaban J connectivity index is 2.05. The number of rotatable bonds is 4. The molecule has 2 rings (SSSR count). The summed E-state index contributed by atoms with van der Waals surface area (Å²) < 4.78 is 0. The Bertz CT molecular complexity index is 470. The Morgan fingerprint density at radius 1 is 1.44 bits per heavy atom. The maximum Gasteiger partial charge on any atom is 0.151 e. The van der Waals surface area contributed by atoms with Crippen LogP contribution < -0.4 is 5.32 Å². The van der Waals surface area contributed by atoms with Gasteiger partial charge in [0, 0.05) is 16.1 Å². The molecular formula is C12H17N3S. The summed E-state index contributed by atoms with van der Waals surface area (Å²) in [5.74, 6) is 0.977. The molecule has 0 aliphatic heterocycles. The number of anilines is 1. The van der Waals surface area contributed by atoms with E-state index in [1.54, 1.807) is 11.3 Å². The molecule has 3 nitrogen and oxygen atoms in total. The molecule has 0 fully saturated rings. The second-order valence-corrected chi connectivity index (χ2v) is 4.91. The molecule has 0 aliphatic carbocycles. The summed E-state index contributed by atoms with van der Waals surface area (Å²) in [5.41, 5.74) is 3.79. The molecule has 2 aromatic rings. The third-order valence-corrected chi connectivity index (χ3v) is 3.87. The number of nitrogens with zero attached hydrogens (tertiary/aromatic N) is 1. The highest BCUT2D eigenvalue weighted by Gasteiger charge is 2.07. The van der Waals surface area contributed by atoms with Gasteiger partial charge >= 0.3 is 0 Å². The summed E-state index contributed by atoms with van der Waals surface area (Å²) in [6, 6.07) is 2.15. The summed E-state index contributed by atoms with van der Waals surface area (Å²) in [6.07, 6.45) is 0.999. The van der Waals surface area contributed by atoms with Crippen LogP contribution in [0.3, 0.4) is 0 Å². The van der Waals surface area contributed by atoms with E-state index in [-0.39, 0.29) is 0 Å². The molecule has 16 heavy (non-hydrogen) atoms. The molecule has 2 heterocycles. The molecule has 2 aromatic heterocycles. The van der Waals surface area contributed by atoms with Crippen molar-refractivity contribution in [3.8, 4) is 0 Å². The molecule has 0 saturated heterocycles. The van der Waals surface area contributed by atoms with E-state index in [0.717, 1.165) is 18.8 Å². The first-order chi connectivity index (χ1) is 7.72. The van der Waals surface area contributed by atoms with E-state index in [9.17, 15) is 0 Å². The van der Waals surface area contributed by atoms with E-state index in [4.69, 9.17) is 0 Å². The molecule has 4 heteroatoms. The minimum Gasteiger partial charge on any atom is -0.363 e. The number of aromatic nitrogens is 2. The molecule has 0 aromatic carbocycles. The summed E-state index contributed by atoms with van der Waals surface area (Å²) in [5, 5.41) is 12.8. The fourth-order valence-electron chi connectivity index (χ4n) is 1.70. The van der Waals surface area contributed by atoms with E-state index < -0.39 is 0 Å². The van der Waals surface area contributed by atoms with Crippen molar-refractivity contribution >= 4 is 17.2 Å². The molecule has 0 amide bonds. The molecule has 86 valence electrons. The Morgan fingerprint density at radius 2 is 2.25 bits per heavy atom. The highest BCUT2D eigenvalue weighted by atomic mass is 32.1. The second kappa shape index (κ2) is 4.70. The van der Waals surface area contributed by atoms with Crippen molar-refractivity contribution in [3.63, 3.8) is 0 Å². The lowest BCUT2D eigenvalue weighted by Gasteiger charge is -2.03. The molecule has 0 unspecified atom stereocenters. The average molecular weight is 235 g/mol. The van der Waals surface area contributed by atoms with Crippen molar-refractivity contribution in [2.24, 2.45) is 0 Å². The van der Waals surface area contributed by atoms with E-state index in [1.807, 2.05) is 0 Å².